The minimum atomic E-state index is -0.978. The van der Waals surface area contributed by atoms with Gasteiger partial charge in [0.2, 0.25) is 0 Å². The Balaban J connectivity index is 1.41. The van der Waals surface area contributed by atoms with Crippen LogP contribution in [0.2, 0.25) is 0 Å². The number of benzene rings is 2. The number of nitrogens with zero attached hydrogens (tertiary/aromatic N) is 4. The molecule has 2 aliphatic rings. The van der Waals surface area contributed by atoms with Gasteiger partial charge in [0.15, 0.2) is 0 Å². The highest BCUT2D eigenvalue weighted by Gasteiger charge is 2.36. The van der Waals surface area contributed by atoms with Crippen LogP contribution in [-0.2, 0) is 9.53 Å². The van der Waals surface area contributed by atoms with E-state index in [1.54, 1.807) is 35.4 Å². The van der Waals surface area contributed by atoms with Crippen molar-refractivity contribution >= 4 is 17.4 Å². The molecular weight excluding hydrogens is 554 g/mol. The molecule has 0 radical (unpaired) electrons. The van der Waals surface area contributed by atoms with Crippen molar-refractivity contribution in [3.63, 3.8) is 0 Å². The third-order valence-electron chi connectivity index (χ3n) is 7.56. The van der Waals surface area contributed by atoms with E-state index in [1.165, 1.54) is 18.2 Å². The van der Waals surface area contributed by atoms with Crippen molar-refractivity contribution in [3.8, 4) is 11.8 Å². The van der Waals surface area contributed by atoms with E-state index >= 15 is 0 Å². The zero-order valence-corrected chi connectivity index (χ0v) is 24.4. The third-order valence-corrected chi connectivity index (χ3v) is 7.56. The van der Waals surface area contributed by atoms with Gasteiger partial charge in [0.05, 0.1) is 48.6 Å². The molecule has 2 heterocycles. The Bertz CT molecular complexity index is 1460. The number of hydrogen-bond acceptors (Lipinski definition) is 7. The Morgan fingerprint density at radius 2 is 1.98 bits per heavy atom. The molecule has 2 aromatic rings. The smallest absolute Gasteiger partial charge is 0.305 e. The first-order valence-electron chi connectivity index (χ1n) is 14.3. The summed E-state index contributed by atoms with van der Waals surface area (Å²) in [6, 6.07) is 10.4. The molecule has 0 spiro atoms. The van der Waals surface area contributed by atoms with E-state index in [9.17, 15) is 18.7 Å². The summed E-state index contributed by atoms with van der Waals surface area (Å²) in [5, 5.41) is 24.8. The van der Waals surface area contributed by atoms with Crippen LogP contribution in [0.1, 0.15) is 44.2 Å². The second-order valence-corrected chi connectivity index (χ2v) is 10.4. The summed E-state index contributed by atoms with van der Waals surface area (Å²) < 4.78 is 41.1. The highest BCUT2D eigenvalue weighted by Crippen LogP contribution is 2.31. The van der Waals surface area contributed by atoms with Crippen LogP contribution in [0.4, 0.5) is 14.5 Å². The lowest BCUT2D eigenvalue weighted by atomic mass is 9.90. The van der Waals surface area contributed by atoms with E-state index < -0.39 is 17.8 Å². The second-order valence-electron chi connectivity index (χ2n) is 10.4. The Labute approximate surface area is 250 Å². The largest absolute Gasteiger partial charge is 0.494 e. The van der Waals surface area contributed by atoms with E-state index in [-0.39, 0.29) is 41.9 Å². The fourth-order valence-electron chi connectivity index (χ4n) is 5.40. The van der Waals surface area contributed by atoms with Gasteiger partial charge < -0.3 is 19.5 Å². The maximum Gasteiger partial charge on any atom is 0.305 e. The number of nitriles is 1. The molecule has 0 bridgehead atoms. The number of anilines is 1. The lowest BCUT2D eigenvalue weighted by molar-refractivity contribution is -0.138. The number of allylic oxidation sites excluding steroid dienone is 3. The molecule has 43 heavy (non-hydrogen) atoms. The van der Waals surface area contributed by atoms with Crippen LogP contribution >= 0.6 is 0 Å². The van der Waals surface area contributed by atoms with Crippen LogP contribution in [0.25, 0.3) is 0 Å². The lowest BCUT2D eigenvalue weighted by Crippen LogP contribution is -2.37. The SMILES string of the molecule is C=C/C=C(\C=C/CN1N=C(c2ccc(C#N)cc2F)[C@@H](C)[C@@H]1CC(=O)O)OC1CCN(c2cc(OCC)ccc2F)CC1. The molecule has 0 aliphatic carbocycles. The number of hydrogen-bond donors (Lipinski definition) is 1. The Kier molecular flexibility index (Phi) is 10.5. The summed E-state index contributed by atoms with van der Waals surface area (Å²) in [5.41, 5.74) is 1.40. The summed E-state index contributed by atoms with van der Waals surface area (Å²) >= 11 is 0. The average Bonchev–Trinajstić information content (AvgIpc) is 3.28. The number of carboxylic acids is 1. The molecule has 0 aromatic heterocycles. The van der Waals surface area contributed by atoms with Crippen molar-refractivity contribution in [1.29, 1.82) is 5.26 Å². The quantitative estimate of drug-likeness (QED) is 0.238. The van der Waals surface area contributed by atoms with Gasteiger partial charge in [-0.2, -0.15) is 10.4 Å². The molecule has 1 fully saturated rings. The molecule has 0 unspecified atom stereocenters. The predicted molar refractivity (Wildman–Crippen MR) is 161 cm³/mol. The molecular formula is C33H36F2N4O4. The number of rotatable bonds is 12. The van der Waals surface area contributed by atoms with Crippen molar-refractivity contribution < 1.29 is 28.2 Å². The second kappa shape index (κ2) is 14.5. The molecule has 10 heteroatoms. The Hall–Kier alpha value is -4.65. The summed E-state index contributed by atoms with van der Waals surface area (Å²) in [6.45, 7) is 9.51. The Morgan fingerprint density at radius 3 is 2.63 bits per heavy atom. The minimum Gasteiger partial charge on any atom is -0.494 e. The first-order chi connectivity index (χ1) is 20.7. The van der Waals surface area contributed by atoms with E-state index in [2.05, 4.69) is 11.7 Å². The van der Waals surface area contributed by atoms with Gasteiger partial charge in [0.1, 0.15) is 29.2 Å². The number of halogens is 2. The van der Waals surface area contributed by atoms with Crippen molar-refractivity contribution in [2.45, 2.75) is 45.3 Å². The van der Waals surface area contributed by atoms with Gasteiger partial charge in [-0.05, 0) is 49.4 Å². The molecule has 2 atom stereocenters. The molecule has 0 amide bonds. The van der Waals surface area contributed by atoms with Gasteiger partial charge in [0, 0.05) is 43.5 Å². The summed E-state index contributed by atoms with van der Waals surface area (Å²) in [4.78, 5) is 13.6. The topological polar surface area (TPSA) is 98.4 Å². The zero-order valence-electron chi connectivity index (χ0n) is 24.4. The lowest BCUT2D eigenvalue weighted by Gasteiger charge is -2.34. The van der Waals surface area contributed by atoms with Crippen LogP contribution in [0.15, 0.2) is 78.1 Å². The van der Waals surface area contributed by atoms with Crippen LogP contribution in [0.3, 0.4) is 0 Å². The number of ether oxygens (including phenoxy) is 2. The van der Waals surface area contributed by atoms with Crippen molar-refractivity contribution in [3.05, 3.63) is 95.8 Å². The standard InChI is InChI=1S/C33H36F2N4O4/c1-4-7-24(43-25-13-16-38(17-14-25)31-19-26(42-5-2)10-12-28(31)34)8-6-15-39-30(20-32(40)41)22(3)33(37-39)27-11-9-23(21-36)18-29(27)35/h4,6-12,18-19,22,25,30H,1,5,13-17,20H2,2-3H3,(H,40,41)/b8-6-,24-7+/t22-,30-/m0/s1. The number of piperidine rings is 1. The van der Waals surface area contributed by atoms with Gasteiger partial charge in [-0.25, -0.2) is 8.78 Å². The molecule has 2 aromatic carbocycles. The van der Waals surface area contributed by atoms with E-state index in [0.717, 1.165) is 6.07 Å². The van der Waals surface area contributed by atoms with Crippen LogP contribution < -0.4 is 9.64 Å². The normalized spacial score (nSPS) is 19.3. The highest BCUT2D eigenvalue weighted by atomic mass is 19.1. The maximum atomic E-state index is 14.8. The fourth-order valence-corrected chi connectivity index (χ4v) is 5.40. The third kappa shape index (κ3) is 7.80. The molecule has 2 aliphatic heterocycles. The van der Waals surface area contributed by atoms with Crippen LogP contribution in [-0.4, -0.2) is 60.2 Å². The number of carboxylic acid groups (broad SMARTS) is 1. The maximum absolute atomic E-state index is 14.8. The first kappa shape index (κ1) is 31.3. The van der Waals surface area contributed by atoms with Crippen LogP contribution in [0.5, 0.6) is 5.75 Å². The molecule has 1 saturated heterocycles. The van der Waals surface area contributed by atoms with Gasteiger partial charge in [-0.1, -0.05) is 25.7 Å². The van der Waals surface area contributed by atoms with E-state index in [4.69, 9.17) is 14.7 Å². The van der Waals surface area contributed by atoms with E-state index in [1.807, 2.05) is 30.9 Å². The van der Waals surface area contributed by atoms with Crippen LogP contribution in [0, 0.1) is 28.9 Å². The average molecular weight is 591 g/mol. The molecule has 0 saturated carbocycles. The number of hydrazone groups is 1. The summed E-state index contributed by atoms with van der Waals surface area (Å²) in [6.07, 6.45) is 8.11. The number of aliphatic carboxylic acids is 1. The minimum absolute atomic E-state index is 0.0826. The molecule has 1 N–H and O–H groups in total. The van der Waals surface area contributed by atoms with E-state index in [0.29, 0.717) is 55.4 Å². The summed E-state index contributed by atoms with van der Waals surface area (Å²) in [5.74, 6) is -0.971. The molecule has 8 nitrogen and oxygen atoms in total. The molecule has 4 rings (SSSR count). The Morgan fingerprint density at radius 1 is 1.21 bits per heavy atom. The summed E-state index contributed by atoms with van der Waals surface area (Å²) in [7, 11) is 0. The van der Waals surface area contributed by atoms with Crippen molar-refractivity contribution in [1.82, 2.24) is 5.01 Å². The zero-order chi connectivity index (χ0) is 30.9. The monoisotopic (exact) mass is 590 g/mol. The predicted octanol–water partition coefficient (Wildman–Crippen LogP) is 6.05. The fraction of sp³-hybridized carbons (Fsp3) is 0.364. The molecule has 226 valence electrons. The van der Waals surface area contributed by atoms with Gasteiger partial charge >= 0.3 is 5.97 Å². The number of carbonyl (C=O) groups is 1. The van der Waals surface area contributed by atoms with Gasteiger partial charge in [-0.3, -0.25) is 9.80 Å². The van der Waals surface area contributed by atoms with Gasteiger partial charge in [-0.15, -0.1) is 0 Å². The first-order valence-corrected chi connectivity index (χ1v) is 14.3. The van der Waals surface area contributed by atoms with Crippen molar-refractivity contribution in [2.24, 2.45) is 11.0 Å². The van der Waals surface area contributed by atoms with Crippen molar-refractivity contribution in [2.75, 3.05) is 31.1 Å². The van der Waals surface area contributed by atoms with Gasteiger partial charge in [0.25, 0.3) is 0 Å². The highest BCUT2D eigenvalue weighted by molar-refractivity contribution is 6.03.